The first kappa shape index (κ1) is 12.9. The first-order valence-corrected chi connectivity index (χ1v) is 6.16. The average Bonchev–Trinajstić information content (AvgIpc) is 2.51. The molecule has 0 fully saturated rings. The van der Waals surface area contributed by atoms with Crippen LogP contribution in [0.25, 0.3) is 0 Å². The van der Waals surface area contributed by atoms with Crippen LogP contribution >= 0.6 is 11.6 Å². The van der Waals surface area contributed by atoms with Gasteiger partial charge in [0.1, 0.15) is 6.54 Å². The molecule has 1 aliphatic rings. The minimum absolute atomic E-state index is 0.0905. The van der Waals surface area contributed by atoms with Crippen molar-refractivity contribution in [2.24, 2.45) is 0 Å². The highest BCUT2D eigenvalue weighted by Crippen LogP contribution is 2.33. The summed E-state index contributed by atoms with van der Waals surface area (Å²) in [7, 11) is 1.30. The summed E-state index contributed by atoms with van der Waals surface area (Å²) in [5.74, 6) is -0.539. The van der Waals surface area contributed by atoms with Crippen LogP contribution in [0.3, 0.4) is 0 Å². The molecule has 0 atom stereocenters. The van der Waals surface area contributed by atoms with Crippen molar-refractivity contribution < 1.29 is 14.3 Å². The summed E-state index contributed by atoms with van der Waals surface area (Å²) in [4.78, 5) is 24.9. The number of carbonyl (C=O) groups excluding carboxylic acids is 2. The van der Waals surface area contributed by atoms with E-state index in [1.54, 1.807) is 6.07 Å². The topological polar surface area (TPSA) is 46.6 Å². The molecule has 1 heterocycles. The van der Waals surface area contributed by atoms with Crippen molar-refractivity contribution in [2.75, 3.05) is 18.6 Å². The van der Waals surface area contributed by atoms with Crippen LogP contribution in [0.4, 0.5) is 5.69 Å². The summed E-state index contributed by atoms with van der Waals surface area (Å²) < 4.78 is 4.62. The van der Waals surface area contributed by atoms with E-state index in [0.717, 1.165) is 18.4 Å². The number of benzene rings is 1. The van der Waals surface area contributed by atoms with E-state index in [9.17, 15) is 9.59 Å². The normalized spacial score (nSPS) is 15.0. The fourth-order valence-electron chi connectivity index (χ4n) is 2.11. The van der Waals surface area contributed by atoms with E-state index >= 15 is 0 Å². The Hall–Kier alpha value is -1.55. The van der Waals surface area contributed by atoms with Crippen molar-refractivity contribution >= 4 is 29.2 Å². The Morgan fingerprint density at radius 2 is 2.22 bits per heavy atom. The number of methoxy groups -OCH3 is 1. The van der Waals surface area contributed by atoms with Crippen LogP contribution in [0.1, 0.15) is 18.4 Å². The monoisotopic (exact) mass is 267 g/mol. The van der Waals surface area contributed by atoms with Crippen molar-refractivity contribution in [2.45, 2.75) is 19.3 Å². The third-order valence-corrected chi connectivity index (χ3v) is 3.30. The number of carbonyl (C=O) groups is 2. The lowest BCUT2D eigenvalue weighted by Gasteiger charge is -2.22. The van der Waals surface area contributed by atoms with Crippen molar-refractivity contribution in [3.63, 3.8) is 0 Å². The zero-order valence-electron chi connectivity index (χ0n) is 10.1. The molecule has 0 spiro atoms. The van der Waals surface area contributed by atoms with E-state index in [-0.39, 0.29) is 12.5 Å². The maximum Gasteiger partial charge on any atom is 0.325 e. The first-order chi connectivity index (χ1) is 8.63. The smallest absolute Gasteiger partial charge is 0.325 e. The molecule has 18 heavy (non-hydrogen) atoms. The second-order valence-corrected chi connectivity index (χ2v) is 4.56. The number of ether oxygens (including phenoxy) is 1. The maximum atomic E-state index is 12.0. The number of hydrogen-bond donors (Lipinski definition) is 0. The Kier molecular flexibility index (Phi) is 3.87. The Bertz CT molecular complexity index is 487. The molecule has 4 nitrogen and oxygen atoms in total. The van der Waals surface area contributed by atoms with Gasteiger partial charge >= 0.3 is 5.97 Å². The first-order valence-electron chi connectivity index (χ1n) is 5.78. The fourth-order valence-corrected chi connectivity index (χ4v) is 2.41. The lowest BCUT2D eigenvalue weighted by molar-refractivity contribution is -0.140. The van der Waals surface area contributed by atoms with Crippen LogP contribution in [0, 0.1) is 0 Å². The highest BCUT2D eigenvalue weighted by Gasteiger charge is 2.26. The van der Waals surface area contributed by atoms with Gasteiger partial charge in [0, 0.05) is 6.42 Å². The molecule has 2 rings (SSSR count). The zero-order valence-corrected chi connectivity index (χ0v) is 10.9. The average molecular weight is 268 g/mol. The molecule has 1 amide bonds. The number of fused-ring (bicyclic) bond motifs is 1. The minimum Gasteiger partial charge on any atom is -0.468 e. The number of anilines is 1. The predicted molar refractivity (Wildman–Crippen MR) is 68.8 cm³/mol. The highest BCUT2D eigenvalue weighted by molar-refractivity contribution is 6.34. The van der Waals surface area contributed by atoms with Gasteiger partial charge in [0.2, 0.25) is 5.91 Å². The van der Waals surface area contributed by atoms with Gasteiger partial charge < -0.3 is 4.74 Å². The maximum absolute atomic E-state index is 12.0. The van der Waals surface area contributed by atoms with Crippen LogP contribution in [0.2, 0.25) is 5.02 Å². The predicted octanol–water partition coefficient (Wildman–Crippen LogP) is 2.18. The minimum atomic E-state index is -0.448. The molecule has 0 radical (unpaired) electrons. The summed E-state index contributed by atoms with van der Waals surface area (Å²) in [6, 6.07) is 5.51. The largest absolute Gasteiger partial charge is 0.468 e. The van der Waals surface area contributed by atoms with E-state index in [1.807, 2.05) is 12.1 Å². The van der Waals surface area contributed by atoms with Crippen molar-refractivity contribution in [1.82, 2.24) is 0 Å². The zero-order chi connectivity index (χ0) is 13.1. The second kappa shape index (κ2) is 5.40. The second-order valence-electron chi connectivity index (χ2n) is 4.16. The molecule has 5 heteroatoms. The van der Waals surface area contributed by atoms with Crippen LogP contribution < -0.4 is 4.90 Å². The van der Waals surface area contributed by atoms with E-state index in [2.05, 4.69) is 4.74 Å². The summed E-state index contributed by atoms with van der Waals surface area (Å²) in [6.45, 7) is -0.0912. The van der Waals surface area contributed by atoms with Gasteiger partial charge in [0.05, 0.1) is 17.8 Å². The third-order valence-electron chi connectivity index (χ3n) is 2.99. The lowest BCUT2D eigenvalue weighted by Crippen LogP contribution is -2.36. The van der Waals surface area contributed by atoms with Crippen molar-refractivity contribution in [3.8, 4) is 0 Å². The van der Waals surface area contributed by atoms with Gasteiger partial charge in [-0.25, -0.2) is 0 Å². The van der Waals surface area contributed by atoms with Gasteiger partial charge in [0.15, 0.2) is 0 Å². The number of halogens is 1. The van der Waals surface area contributed by atoms with Crippen LogP contribution in [-0.2, 0) is 20.7 Å². The standard InChI is InChI=1S/C13H14ClNO3/c1-18-12(17)8-15-11(16)7-3-5-9-4-2-6-10(14)13(9)15/h2,4,6H,3,5,7-8H2,1H3. The molecular formula is C13H14ClNO3. The molecular weight excluding hydrogens is 254 g/mol. The molecule has 1 aromatic rings. The lowest BCUT2D eigenvalue weighted by atomic mass is 10.1. The van der Waals surface area contributed by atoms with E-state index in [4.69, 9.17) is 11.6 Å². The molecule has 0 aromatic heterocycles. The SMILES string of the molecule is COC(=O)CN1C(=O)CCCc2cccc(Cl)c21. The molecule has 0 bridgehead atoms. The number of hydrogen-bond acceptors (Lipinski definition) is 3. The van der Waals surface area contributed by atoms with Crippen LogP contribution in [0.5, 0.6) is 0 Å². The van der Waals surface area contributed by atoms with E-state index in [1.165, 1.54) is 12.0 Å². The Balaban J connectivity index is 2.43. The number of aryl methyl sites for hydroxylation is 1. The summed E-state index contributed by atoms with van der Waals surface area (Å²) in [5.41, 5.74) is 1.64. The fraction of sp³-hybridized carbons (Fsp3) is 0.385. The molecule has 0 aliphatic carbocycles. The van der Waals surface area contributed by atoms with Gasteiger partial charge in [-0.3, -0.25) is 14.5 Å². The molecule has 96 valence electrons. The number of amides is 1. The molecule has 1 aliphatic heterocycles. The van der Waals surface area contributed by atoms with Gasteiger partial charge in [-0.2, -0.15) is 0 Å². The van der Waals surface area contributed by atoms with E-state index < -0.39 is 5.97 Å². The van der Waals surface area contributed by atoms with E-state index in [0.29, 0.717) is 17.1 Å². The van der Waals surface area contributed by atoms with Crippen LogP contribution in [0.15, 0.2) is 18.2 Å². The summed E-state index contributed by atoms with van der Waals surface area (Å²) in [5, 5.41) is 0.492. The quantitative estimate of drug-likeness (QED) is 0.772. The van der Waals surface area contributed by atoms with Gasteiger partial charge in [-0.1, -0.05) is 23.7 Å². The molecule has 0 saturated carbocycles. The highest BCUT2D eigenvalue weighted by atomic mass is 35.5. The van der Waals surface area contributed by atoms with Crippen molar-refractivity contribution in [1.29, 1.82) is 0 Å². The molecule has 0 N–H and O–H groups in total. The van der Waals surface area contributed by atoms with Gasteiger partial charge in [0.25, 0.3) is 0 Å². The van der Waals surface area contributed by atoms with Crippen LogP contribution in [-0.4, -0.2) is 25.5 Å². The van der Waals surface area contributed by atoms with Gasteiger partial charge in [-0.15, -0.1) is 0 Å². The molecule has 0 saturated heterocycles. The molecule has 1 aromatic carbocycles. The third kappa shape index (κ3) is 2.48. The van der Waals surface area contributed by atoms with Gasteiger partial charge in [-0.05, 0) is 24.5 Å². The Morgan fingerprint density at radius 1 is 1.44 bits per heavy atom. The summed E-state index contributed by atoms with van der Waals surface area (Å²) in [6.07, 6.45) is 1.98. The Morgan fingerprint density at radius 3 is 2.94 bits per heavy atom. The number of esters is 1. The number of nitrogens with zero attached hydrogens (tertiary/aromatic N) is 1. The molecule has 0 unspecified atom stereocenters. The Labute approximate surface area is 110 Å². The number of rotatable bonds is 2. The van der Waals surface area contributed by atoms with Crippen molar-refractivity contribution in [3.05, 3.63) is 28.8 Å². The number of para-hydroxylation sites is 1. The summed E-state index contributed by atoms with van der Waals surface area (Å²) >= 11 is 6.16.